The Bertz CT molecular complexity index is 782. The average molecular weight is 527 g/mol. The number of unbranched alkanes of at least 4 members (excludes halogenated alkanes) is 13. The van der Waals surface area contributed by atoms with Crippen molar-refractivity contribution in [1.82, 2.24) is 0 Å². The van der Waals surface area contributed by atoms with E-state index in [1.807, 2.05) is 13.0 Å². The lowest BCUT2D eigenvalue weighted by Gasteiger charge is -2.17. The summed E-state index contributed by atoms with van der Waals surface area (Å²) in [6, 6.07) is 14.8. The van der Waals surface area contributed by atoms with Crippen LogP contribution in [0.15, 0.2) is 54.9 Å². The Morgan fingerprint density at radius 2 is 1.21 bits per heavy atom. The molecule has 0 amide bonds. The van der Waals surface area contributed by atoms with Crippen LogP contribution in [0.3, 0.4) is 0 Å². The molecular weight excluding hydrogens is 470 g/mol. The summed E-state index contributed by atoms with van der Waals surface area (Å²) in [5.74, 6) is 0. The molecule has 0 bridgehead atoms. The number of hydrogen-bond donors (Lipinski definition) is 0. The van der Waals surface area contributed by atoms with Crippen molar-refractivity contribution in [1.29, 1.82) is 0 Å². The van der Waals surface area contributed by atoms with E-state index in [-0.39, 0.29) is 6.10 Å². The molecule has 0 spiro atoms. The predicted molar refractivity (Wildman–Crippen MR) is 158 cm³/mol. The largest absolute Gasteiger partial charge is 0.379 e. The number of ether oxygens (including phenoxy) is 3. The molecular formula is C34H56NO3+. The maximum atomic E-state index is 6.01. The van der Waals surface area contributed by atoms with Crippen molar-refractivity contribution in [2.45, 2.75) is 123 Å². The van der Waals surface area contributed by atoms with E-state index in [9.17, 15) is 0 Å². The summed E-state index contributed by atoms with van der Waals surface area (Å²) < 4.78 is 20.0. The topological polar surface area (TPSA) is 31.6 Å². The predicted octanol–water partition coefficient (Wildman–Crippen LogP) is 8.44. The van der Waals surface area contributed by atoms with Crippen molar-refractivity contribution < 1.29 is 18.8 Å². The third-order valence-corrected chi connectivity index (χ3v) is 7.05. The van der Waals surface area contributed by atoms with E-state index in [0.29, 0.717) is 26.4 Å². The van der Waals surface area contributed by atoms with Crippen LogP contribution in [0.4, 0.5) is 0 Å². The number of benzene rings is 1. The van der Waals surface area contributed by atoms with E-state index >= 15 is 0 Å². The first-order valence-corrected chi connectivity index (χ1v) is 15.6. The summed E-state index contributed by atoms with van der Waals surface area (Å²) in [7, 11) is 0. The fourth-order valence-corrected chi connectivity index (χ4v) is 4.87. The molecule has 38 heavy (non-hydrogen) atoms. The standard InChI is InChI=1S/C34H56NO3/c1-3-5-6-7-8-9-10-11-12-13-14-15-16-20-26-36-30-34(38-4-2)31-37-29-33-23-21-22-32(27-33)28-35-24-18-17-19-25-35/h17-19,21-25,27,34H,3-16,20,26,28-31H2,1-2H3/q+1. The summed E-state index contributed by atoms with van der Waals surface area (Å²) in [6.45, 7) is 8.45. The maximum Gasteiger partial charge on any atom is 0.173 e. The van der Waals surface area contributed by atoms with Crippen LogP contribution >= 0.6 is 0 Å². The third kappa shape index (κ3) is 17.0. The van der Waals surface area contributed by atoms with Crippen LogP contribution in [0.5, 0.6) is 0 Å². The highest BCUT2D eigenvalue weighted by molar-refractivity contribution is 5.22. The molecule has 0 radical (unpaired) electrons. The molecule has 1 unspecified atom stereocenters. The summed E-state index contributed by atoms with van der Waals surface area (Å²) in [6.07, 6.45) is 23.5. The second kappa shape index (κ2) is 23.2. The molecule has 4 nitrogen and oxygen atoms in total. The lowest BCUT2D eigenvalue weighted by molar-refractivity contribution is -0.688. The van der Waals surface area contributed by atoms with Crippen LogP contribution < -0.4 is 4.57 Å². The Balaban J connectivity index is 1.45. The van der Waals surface area contributed by atoms with Gasteiger partial charge in [0, 0.05) is 30.9 Å². The van der Waals surface area contributed by atoms with Gasteiger partial charge in [0.2, 0.25) is 0 Å². The molecule has 0 saturated carbocycles. The van der Waals surface area contributed by atoms with Gasteiger partial charge >= 0.3 is 0 Å². The Kier molecular flexibility index (Phi) is 19.8. The van der Waals surface area contributed by atoms with Crippen molar-refractivity contribution in [2.24, 2.45) is 0 Å². The molecule has 0 aliphatic carbocycles. The lowest BCUT2D eigenvalue weighted by Crippen LogP contribution is -2.32. The van der Waals surface area contributed by atoms with Crippen LogP contribution in [0.1, 0.15) is 115 Å². The molecule has 214 valence electrons. The molecule has 1 aromatic heterocycles. The zero-order chi connectivity index (χ0) is 26.9. The zero-order valence-electron chi connectivity index (χ0n) is 24.6. The zero-order valence-corrected chi connectivity index (χ0v) is 24.6. The Morgan fingerprint density at radius 1 is 0.632 bits per heavy atom. The van der Waals surface area contributed by atoms with Gasteiger partial charge in [-0.2, -0.15) is 0 Å². The Hall–Kier alpha value is -1.75. The van der Waals surface area contributed by atoms with Crippen LogP contribution in [0, 0.1) is 0 Å². The van der Waals surface area contributed by atoms with E-state index < -0.39 is 0 Å². The van der Waals surface area contributed by atoms with Gasteiger partial charge < -0.3 is 14.2 Å². The quantitative estimate of drug-likeness (QED) is 0.0961. The first-order chi connectivity index (χ1) is 18.8. The summed E-state index contributed by atoms with van der Waals surface area (Å²) in [5.41, 5.74) is 2.47. The molecule has 2 rings (SSSR count). The van der Waals surface area contributed by atoms with Crippen molar-refractivity contribution in [3.63, 3.8) is 0 Å². The molecule has 4 heteroatoms. The van der Waals surface area contributed by atoms with Gasteiger partial charge in [-0.25, -0.2) is 4.57 Å². The summed E-state index contributed by atoms with van der Waals surface area (Å²) >= 11 is 0. The maximum absolute atomic E-state index is 6.01. The highest BCUT2D eigenvalue weighted by Gasteiger charge is 2.10. The van der Waals surface area contributed by atoms with E-state index in [0.717, 1.165) is 19.6 Å². The fraction of sp³-hybridized carbons (Fsp3) is 0.676. The lowest BCUT2D eigenvalue weighted by atomic mass is 10.0. The molecule has 1 aromatic carbocycles. The van der Waals surface area contributed by atoms with Gasteiger partial charge in [0.1, 0.15) is 6.10 Å². The Labute approximate surface area is 234 Å². The van der Waals surface area contributed by atoms with Crippen LogP contribution in [-0.4, -0.2) is 32.5 Å². The number of pyridine rings is 1. The normalized spacial score (nSPS) is 12.2. The molecule has 1 heterocycles. The number of aromatic nitrogens is 1. The molecule has 0 aliphatic heterocycles. The van der Waals surface area contributed by atoms with Crippen molar-refractivity contribution >= 4 is 0 Å². The van der Waals surface area contributed by atoms with Gasteiger partial charge in [0.25, 0.3) is 0 Å². The van der Waals surface area contributed by atoms with Gasteiger partial charge in [0.15, 0.2) is 18.9 Å². The van der Waals surface area contributed by atoms with Gasteiger partial charge in [-0.1, -0.05) is 115 Å². The van der Waals surface area contributed by atoms with Crippen LogP contribution in [-0.2, 0) is 27.4 Å². The Morgan fingerprint density at radius 3 is 1.84 bits per heavy atom. The molecule has 2 aromatic rings. The monoisotopic (exact) mass is 526 g/mol. The highest BCUT2D eigenvalue weighted by atomic mass is 16.6. The fourth-order valence-electron chi connectivity index (χ4n) is 4.87. The molecule has 0 N–H and O–H groups in total. The van der Waals surface area contributed by atoms with Gasteiger partial charge in [-0.15, -0.1) is 0 Å². The molecule has 0 aliphatic rings. The highest BCUT2D eigenvalue weighted by Crippen LogP contribution is 2.13. The van der Waals surface area contributed by atoms with Crippen LogP contribution in [0.2, 0.25) is 0 Å². The third-order valence-electron chi connectivity index (χ3n) is 7.05. The number of rotatable bonds is 25. The van der Waals surface area contributed by atoms with E-state index in [1.54, 1.807) is 0 Å². The van der Waals surface area contributed by atoms with Gasteiger partial charge in [0.05, 0.1) is 19.8 Å². The second-order valence-corrected chi connectivity index (χ2v) is 10.6. The van der Waals surface area contributed by atoms with Crippen molar-refractivity contribution in [3.8, 4) is 0 Å². The van der Waals surface area contributed by atoms with Crippen molar-refractivity contribution in [2.75, 3.05) is 26.4 Å². The molecule has 1 atom stereocenters. The first kappa shape index (κ1) is 32.5. The van der Waals surface area contributed by atoms with Crippen molar-refractivity contribution in [3.05, 3.63) is 66.0 Å². The smallest absolute Gasteiger partial charge is 0.173 e. The minimum Gasteiger partial charge on any atom is -0.379 e. The number of hydrogen-bond acceptors (Lipinski definition) is 3. The first-order valence-electron chi connectivity index (χ1n) is 15.6. The summed E-state index contributed by atoms with van der Waals surface area (Å²) in [5, 5.41) is 0. The average Bonchev–Trinajstić information content (AvgIpc) is 2.93. The van der Waals surface area contributed by atoms with Crippen LogP contribution in [0.25, 0.3) is 0 Å². The number of nitrogens with zero attached hydrogens (tertiary/aromatic N) is 1. The van der Waals surface area contributed by atoms with E-state index in [1.165, 1.54) is 94.6 Å². The van der Waals surface area contributed by atoms with Gasteiger partial charge in [-0.3, -0.25) is 0 Å². The van der Waals surface area contributed by atoms with Gasteiger partial charge in [-0.05, 0) is 25.0 Å². The summed E-state index contributed by atoms with van der Waals surface area (Å²) in [4.78, 5) is 0. The van der Waals surface area contributed by atoms with E-state index in [2.05, 4.69) is 60.3 Å². The SMILES string of the molecule is CCCCCCCCCCCCCCCCOCC(COCc1cccc(C[n+]2ccccc2)c1)OCC. The van der Waals surface area contributed by atoms with E-state index in [4.69, 9.17) is 14.2 Å². The second-order valence-electron chi connectivity index (χ2n) is 10.6. The minimum absolute atomic E-state index is 0.00491. The molecule has 0 saturated heterocycles. The molecule has 0 fully saturated rings. The minimum atomic E-state index is -0.00491.